The minimum atomic E-state index is -0.372. The minimum Gasteiger partial charge on any atom is -0.391 e. The predicted molar refractivity (Wildman–Crippen MR) is 130 cm³/mol. The zero-order valence-electron chi connectivity index (χ0n) is 19.2. The van der Waals surface area contributed by atoms with Crippen molar-refractivity contribution in [2.24, 2.45) is 0 Å². The molecule has 0 bridgehead atoms. The van der Waals surface area contributed by atoms with Gasteiger partial charge in [-0.25, -0.2) is 9.78 Å². The molecule has 0 unspecified atom stereocenters. The molecule has 1 amide bonds. The standard InChI is InChI=1S/C23H32N6O2S/c1-17-5-6-18(24-15-17)9-10-28-11-13-29(14-12-28)22(30)31-20-8-7-19(16-25-20)26-21(32)27-23(2,3)4/h5-8,15-16H,9-14H2,1-4H3,(H2,26,27,32). The van der Waals surface area contributed by atoms with E-state index in [1.165, 1.54) is 5.56 Å². The number of pyridine rings is 2. The monoisotopic (exact) mass is 456 g/mol. The van der Waals surface area contributed by atoms with E-state index in [2.05, 4.69) is 37.6 Å². The quantitative estimate of drug-likeness (QED) is 0.664. The molecule has 1 fully saturated rings. The molecule has 2 aromatic rings. The Hall–Kier alpha value is -2.78. The first-order valence-electron chi connectivity index (χ1n) is 10.8. The lowest BCUT2D eigenvalue weighted by molar-refractivity contribution is 0.110. The summed E-state index contributed by atoms with van der Waals surface area (Å²) < 4.78 is 5.44. The molecule has 1 aliphatic rings. The fraction of sp³-hybridized carbons (Fsp3) is 0.478. The van der Waals surface area contributed by atoms with Gasteiger partial charge in [0.05, 0.1) is 11.9 Å². The van der Waals surface area contributed by atoms with Crippen LogP contribution >= 0.6 is 12.2 Å². The highest BCUT2D eigenvalue weighted by Crippen LogP contribution is 2.14. The van der Waals surface area contributed by atoms with Crippen LogP contribution in [0.3, 0.4) is 0 Å². The number of nitrogens with zero attached hydrogens (tertiary/aromatic N) is 4. The Bertz CT molecular complexity index is 904. The molecule has 0 saturated carbocycles. The van der Waals surface area contributed by atoms with Gasteiger partial charge in [-0.2, -0.15) is 0 Å². The number of hydrogen-bond acceptors (Lipinski definition) is 6. The van der Waals surface area contributed by atoms with Crippen LogP contribution in [0.25, 0.3) is 0 Å². The van der Waals surface area contributed by atoms with E-state index in [9.17, 15) is 4.79 Å². The van der Waals surface area contributed by atoms with Crippen LogP contribution in [0.5, 0.6) is 5.88 Å². The maximum atomic E-state index is 12.5. The zero-order valence-corrected chi connectivity index (χ0v) is 20.0. The minimum absolute atomic E-state index is 0.130. The number of rotatable bonds is 5. The first kappa shape index (κ1) is 23.9. The first-order valence-corrected chi connectivity index (χ1v) is 11.2. The van der Waals surface area contributed by atoms with E-state index in [4.69, 9.17) is 17.0 Å². The molecule has 1 saturated heterocycles. The van der Waals surface area contributed by atoms with E-state index < -0.39 is 0 Å². The smallest absolute Gasteiger partial charge is 0.391 e. The molecule has 0 aromatic carbocycles. The van der Waals surface area contributed by atoms with Gasteiger partial charge in [-0.3, -0.25) is 9.88 Å². The second-order valence-corrected chi connectivity index (χ2v) is 9.40. The number of ether oxygens (including phenoxy) is 1. The van der Waals surface area contributed by atoms with E-state index in [-0.39, 0.29) is 17.5 Å². The molecule has 0 radical (unpaired) electrons. The molecule has 0 spiro atoms. The molecule has 3 rings (SSSR count). The molecule has 1 aliphatic heterocycles. The van der Waals surface area contributed by atoms with Crippen molar-refractivity contribution in [3.8, 4) is 5.88 Å². The maximum absolute atomic E-state index is 12.5. The zero-order chi connectivity index (χ0) is 23.1. The van der Waals surface area contributed by atoms with Crippen molar-refractivity contribution in [1.29, 1.82) is 0 Å². The van der Waals surface area contributed by atoms with E-state index in [0.29, 0.717) is 18.2 Å². The van der Waals surface area contributed by atoms with E-state index in [1.807, 2.05) is 33.9 Å². The third-order valence-electron chi connectivity index (χ3n) is 4.96. The Kier molecular flexibility index (Phi) is 7.98. The molecule has 2 N–H and O–H groups in total. The second-order valence-electron chi connectivity index (χ2n) is 8.99. The van der Waals surface area contributed by atoms with Gasteiger partial charge in [-0.15, -0.1) is 0 Å². The fourth-order valence-corrected chi connectivity index (χ4v) is 3.67. The molecule has 172 valence electrons. The Morgan fingerprint density at radius 3 is 2.44 bits per heavy atom. The van der Waals surface area contributed by atoms with Crippen LogP contribution in [-0.2, 0) is 6.42 Å². The summed E-state index contributed by atoms with van der Waals surface area (Å²) in [5, 5.41) is 6.76. The third kappa shape index (κ3) is 7.72. The van der Waals surface area contributed by atoms with Gasteiger partial charge in [-0.1, -0.05) is 6.07 Å². The molecule has 9 heteroatoms. The van der Waals surface area contributed by atoms with Crippen LogP contribution in [0.1, 0.15) is 32.0 Å². The molecule has 0 aliphatic carbocycles. The highest BCUT2D eigenvalue weighted by molar-refractivity contribution is 7.80. The maximum Gasteiger partial charge on any atom is 0.416 e. The van der Waals surface area contributed by atoms with Gasteiger partial charge in [-0.05, 0) is 57.6 Å². The van der Waals surface area contributed by atoms with Crippen LogP contribution in [0.4, 0.5) is 10.5 Å². The SMILES string of the molecule is Cc1ccc(CCN2CCN(C(=O)Oc3ccc(NC(=S)NC(C)(C)C)cn3)CC2)nc1. The van der Waals surface area contributed by atoms with E-state index in [0.717, 1.165) is 37.4 Å². The molecule has 0 atom stereocenters. The Balaban J connectivity index is 1.40. The highest BCUT2D eigenvalue weighted by Gasteiger charge is 2.23. The van der Waals surface area contributed by atoms with Gasteiger partial charge in [0.1, 0.15) is 0 Å². The number of thiocarbonyl (C=S) groups is 1. The van der Waals surface area contributed by atoms with Crippen LogP contribution in [0.15, 0.2) is 36.7 Å². The summed E-state index contributed by atoms with van der Waals surface area (Å²) in [7, 11) is 0. The van der Waals surface area contributed by atoms with Crippen molar-refractivity contribution >= 4 is 29.1 Å². The predicted octanol–water partition coefficient (Wildman–Crippen LogP) is 3.23. The van der Waals surface area contributed by atoms with Crippen LogP contribution in [0, 0.1) is 6.92 Å². The Morgan fingerprint density at radius 1 is 1.09 bits per heavy atom. The average molecular weight is 457 g/mol. The summed E-state index contributed by atoms with van der Waals surface area (Å²) in [6.45, 7) is 12.0. The summed E-state index contributed by atoms with van der Waals surface area (Å²) in [5.74, 6) is 0.267. The van der Waals surface area contributed by atoms with Crippen LogP contribution < -0.4 is 15.4 Å². The van der Waals surface area contributed by atoms with Crippen LogP contribution in [0.2, 0.25) is 0 Å². The van der Waals surface area contributed by atoms with Crippen LogP contribution in [-0.4, -0.2) is 69.2 Å². The molecule has 32 heavy (non-hydrogen) atoms. The second kappa shape index (κ2) is 10.7. The fourth-order valence-electron chi connectivity index (χ4n) is 3.24. The van der Waals surface area contributed by atoms with Gasteiger partial charge < -0.3 is 20.3 Å². The van der Waals surface area contributed by atoms with Gasteiger partial charge >= 0.3 is 6.09 Å². The summed E-state index contributed by atoms with van der Waals surface area (Å²) in [4.78, 5) is 25.2. The number of carbonyl (C=O) groups excluding carboxylic acids is 1. The highest BCUT2D eigenvalue weighted by atomic mass is 32.1. The average Bonchev–Trinajstić information content (AvgIpc) is 2.74. The summed E-state index contributed by atoms with van der Waals surface area (Å²) in [6.07, 6.45) is 4.03. The van der Waals surface area contributed by atoms with Gasteiger partial charge in [0.15, 0.2) is 5.11 Å². The van der Waals surface area contributed by atoms with Crippen molar-refractivity contribution in [2.75, 3.05) is 38.0 Å². The van der Waals surface area contributed by atoms with Gasteiger partial charge in [0.2, 0.25) is 5.88 Å². The molecule has 3 heterocycles. The summed E-state index contributed by atoms with van der Waals surface area (Å²) in [5.41, 5.74) is 2.86. The van der Waals surface area contributed by atoms with Crippen molar-refractivity contribution < 1.29 is 9.53 Å². The lowest BCUT2D eigenvalue weighted by Gasteiger charge is -2.33. The van der Waals surface area contributed by atoms with Gasteiger partial charge in [0, 0.05) is 62.6 Å². The van der Waals surface area contributed by atoms with E-state index >= 15 is 0 Å². The largest absolute Gasteiger partial charge is 0.416 e. The molecule has 8 nitrogen and oxygen atoms in total. The summed E-state index contributed by atoms with van der Waals surface area (Å²) >= 11 is 5.28. The van der Waals surface area contributed by atoms with Crippen molar-refractivity contribution in [2.45, 2.75) is 39.7 Å². The number of aryl methyl sites for hydroxylation is 1. The molecular weight excluding hydrogens is 424 g/mol. The van der Waals surface area contributed by atoms with Crippen molar-refractivity contribution in [3.05, 3.63) is 47.9 Å². The number of carbonyl (C=O) groups is 1. The number of amides is 1. The number of nitrogens with one attached hydrogen (secondary N) is 2. The lowest BCUT2D eigenvalue weighted by Crippen LogP contribution is -2.50. The summed E-state index contributed by atoms with van der Waals surface area (Å²) in [6, 6.07) is 7.60. The Morgan fingerprint density at radius 2 is 1.84 bits per heavy atom. The topological polar surface area (TPSA) is 82.6 Å². The Labute approximate surface area is 195 Å². The molecular formula is C23H32N6O2S. The number of piperazine rings is 1. The number of aromatic nitrogens is 2. The molecule has 2 aromatic heterocycles. The first-order chi connectivity index (χ1) is 15.2. The lowest BCUT2D eigenvalue weighted by atomic mass is 10.1. The number of hydrogen-bond donors (Lipinski definition) is 2. The normalized spacial score (nSPS) is 14.7. The van der Waals surface area contributed by atoms with Crippen molar-refractivity contribution in [1.82, 2.24) is 25.1 Å². The third-order valence-corrected chi connectivity index (χ3v) is 5.17. The van der Waals surface area contributed by atoms with Crippen molar-refractivity contribution in [3.63, 3.8) is 0 Å². The van der Waals surface area contributed by atoms with E-state index in [1.54, 1.807) is 23.2 Å². The van der Waals surface area contributed by atoms with Gasteiger partial charge in [0.25, 0.3) is 0 Å². The number of anilines is 1.